The fraction of sp³-hybridized carbons (Fsp3) is 0.356. The van der Waals surface area contributed by atoms with Gasteiger partial charge in [-0.15, -0.1) is 0 Å². The second-order valence-electron chi connectivity index (χ2n) is 17.0. The highest BCUT2D eigenvalue weighted by atomic mass is 32.2. The number of nitrogens with one attached hydrogen (secondary N) is 3. The topological polar surface area (TPSA) is 181 Å². The third-order valence-corrected chi connectivity index (χ3v) is 14.7. The molecular weight excluding hydrogens is 868 g/mol. The fourth-order valence-corrected chi connectivity index (χ4v) is 10.8. The van der Waals surface area contributed by atoms with Crippen molar-refractivity contribution in [1.29, 1.82) is 0 Å². The quantitative estimate of drug-likeness (QED) is 0.128. The van der Waals surface area contributed by atoms with Crippen LogP contribution in [0.3, 0.4) is 0 Å². The molecule has 0 saturated carbocycles. The zero-order valence-corrected chi connectivity index (χ0v) is 36.0. The smallest absolute Gasteiger partial charge is 0.301 e. The van der Waals surface area contributed by atoms with Crippen molar-refractivity contribution in [2.75, 3.05) is 74.0 Å². The molecule has 16 nitrogen and oxygen atoms in total. The van der Waals surface area contributed by atoms with E-state index in [0.29, 0.717) is 40.4 Å². The Morgan fingerprint density at radius 3 is 2.37 bits per heavy atom. The van der Waals surface area contributed by atoms with Crippen molar-refractivity contribution >= 4 is 61.8 Å². The highest BCUT2D eigenvalue weighted by Gasteiger charge is 2.42. The van der Waals surface area contributed by atoms with Crippen LogP contribution in [0.1, 0.15) is 51.1 Å². The molecule has 0 radical (unpaired) electrons. The van der Waals surface area contributed by atoms with E-state index >= 15 is 8.78 Å². The number of piperidine rings is 1. The van der Waals surface area contributed by atoms with E-state index < -0.39 is 63.5 Å². The normalized spacial score (nSPS) is 20.9. The van der Waals surface area contributed by atoms with Gasteiger partial charge in [-0.05, 0) is 60.4 Å². The van der Waals surface area contributed by atoms with Crippen molar-refractivity contribution in [2.45, 2.75) is 44.1 Å². The summed E-state index contributed by atoms with van der Waals surface area (Å²) in [7, 11) is -2.83. The van der Waals surface area contributed by atoms with Gasteiger partial charge in [-0.25, -0.2) is 18.2 Å². The van der Waals surface area contributed by atoms with Crippen molar-refractivity contribution in [3.8, 4) is 16.9 Å². The largest absolute Gasteiger partial charge is 0.496 e. The number of ether oxygens (including phenoxy) is 1. The standard InChI is InChI=1S/C45H44F3N9O7S/c1-64-37-18-30(16-27-21-57(45(61)39(27)37)36-8-9-38(58)51-44(36)60)55-23-31(24-55)54-14-12-53(13-15-54)29-4-2-25(3-5-29)26-17-32-33(20-50-43(32)49-19-26)42(59)40-34(47)6-7-35(41(40)48)52-65(62,63)56-11-10-28(46)22-56/h2-7,16-20,28,31,36,52H,8-15,21-24H2,1H3,(H,49,50)(H,51,58,60). The van der Waals surface area contributed by atoms with Gasteiger partial charge < -0.3 is 24.4 Å². The van der Waals surface area contributed by atoms with Crippen LogP contribution < -0.4 is 24.6 Å². The van der Waals surface area contributed by atoms with Crippen LogP contribution in [-0.2, 0) is 26.3 Å². The molecule has 0 bridgehead atoms. The number of H-pyrrole nitrogens is 1. The average molecular weight is 912 g/mol. The van der Waals surface area contributed by atoms with Gasteiger partial charge in [0.05, 0.1) is 23.9 Å². The van der Waals surface area contributed by atoms with Crippen molar-refractivity contribution < 1.29 is 45.5 Å². The number of alkyl halides is 1. The van der Waals surface area contributed by atoms with E-state index in [2.05, 4.69) is 30.0 Å². The fourth-order valence-electron chi connectivity index (χ4n) is 9.54. The second-order valence-corrected chi connectivity index (χ2v) is 18.7. The van der Waals surface area contributed by atoms with Gasteiger partial charge in [0.25, 0.3) is 5.91 Å². The van der Waals surface area contributed by atoms with Gasteiger partial charge in [-0.1, -0.05) is 12.1 Å². The molecule has 65 heavy (non-hydrogen) atoms. The van der Waals surface area contributed by atoms with Crippen LogP contribution in [0.15, 0.2) is 67.0 Å². The highest BCUT2D eigenvalue weighted by Crippen LogP contribution is 2.39. The lowest BCUT2D eigenvalue weighted by molar-refractivity contribution is -0.136. The number of aromatic nitrogens is 2. The van der Waals surface area contributed by atoms with E-state index in [9.17, 15) is 32.0 Å². The molecule has 3 N–H and O–H groups in total. The van der Waals surface area contributed by atoms with E-state index in [-0.39, 0.29) is 43.3 Å². The van der Waals surface area contributed by atoms with Gasteiger partial charge in [0.2, 0.25) is 17.6 Å². The number of imide groups is 1. The molecule has 338 valence electrons. The third-order valence-electron chi connectivity index (χ3n) is 13.2. The summed E-state index contributed by atoms with van der Waals surface area (Å²) in [5.41, 5.74) is 3.40. The van der Waals surface area contributed by atoms with Crippen LogP contribution in [0.25, 0.3) is 22.2 Å². The van der Waals surface area contributed by atoms with Crippen LogP contribution in [-0.4, -0.2) is 134 Å². The predicted octanol–water partition coefficient (Wildman–Crippen LogP) is 4.22. The number of hydrogen-bond acceptors (Lipinski definition) is 11. The number of methoxy groups -OCH3 is 1. The first kappa shape index (κ1) is 42.4. The van der Waals surface area contributed by atoms with Crippen LogP contribution in [0, 0.1) is 11.6 Å². The Labute approximate surface area is 371 Å². The number of halogens is 3. The molecule has 0 spiro atoms. The summed E-state index contributed by atoms with van der Waals surface area (Å²) >= 11 is 0. The second kappa shape index (κ2) is 16.5. The lowest BCUT2D eigenvalue weighted by atomic mass is 9.99. The Hall–Kier alpha value is -6.51. The number of rotatable bonds is 11. The SMILES string of the molecule is COc1cc(N2CC(N3CCN(c4ccc(-c5cnc6[nH]cc(C(=O)c7c(F)ccc(NS(=O)(=O)N8CCC(F)C8)c7F)c6c5)cc4)CC3)C2)cc2c1C(=O)N(C1CCC(=O)NC1=O)C2. The molecule has 3 aromatic carbocycles. The maximum Gasteiger partial charge on any atom is 0.301 e. The number of carbonyl (C=O) groups is 4. The van der Waals surface area contributed by atoms with Crippen LogP contribution in [0.4, 0.5) is 30.2 Å². The molecule has 5 aliphatic rings. The Morgan fingerprint density at radius 2 is 1.66 bits per heavy atom. The number of carbonyl (C=O) groups excluding carboxylic acids is 4. The summed E-state index contributed by atoms with van der Waals surface area (Å²) in [6, 6.07) is 14.9. The maximum atomic E-state index is 15.8. The van der Waals surface area contributed by atoms with Crippen molar-refractivity contribution in [1.82, 2.24) is 29.4 Å². The number of benzene rings is 3. The molecule has 5 aliphatic heterocycles. The van der Waals surface area contributed by atoms with Gasteiger partial charge in [0, 0.05) is 118 Å². The minimum absolute atomic E-state index is 0.00184. The molecule has 4 saturated heterocycles. The Balaban J connectivity index is 0.768. The summed E-state index contributed by atoms with van der Waals surface area (Å²) in [4.78, 5) is 67.4. The zero-order valence-electron chi connectivity index (χ0n) is 35.2. The number of ketones is 1. The van der Waals surface area contributed by atoms with E-state index in [4.69, 9.17) is 4.74 Å². The Morgan fingerprint density at radius 1 is 0.892 bits per heavy atom. The van der Waals surface area contributed by atoms with Crippen LogP contribution in [0.5, 0.6) is 5.75 Å². The van der Waals surface area contributed by atoms with Gasteiger partial charge in [-0.3, -0.25) is 34.1 Å². The number of fused-ring (bicyclic) bond motifs is 2. The Bertz CT molecular complexity index is 2880. The van der Waals surface area contributed by atoms with Gasteiger partial charge in [0.1, 0.15) is 29.4 Å². The maximum absolute atomic E-state index is 15.8. The highest BCUT2D eigenvalue weighted by molar-refractivity contribution is 7.90. The number of pyridine rings is 1. The lowest BCUT2D eigenvalue weighted by Crippen LogP contribution is -2.63. The van der Waals surface area contributed by atoms with Gasteiger partial charge >= 0.3 is 10.2 Å². The number of aromatic amines is 1. The third kappa shape index (κ3) is 7.71. The van der Waals surface area contributed by atoms with Gasteiger partial charge in [0.15, 0.2) is 5.82 Å². The molecule has 7 heterocycles. The monoisotopic (exact) mass is 911 g/mol. The number of nitrogens with zero attached hydrogens (tertiary/aromatic N) is 6. The minimum Gasteiger partial charge on any atom is -0.496 e. The zero-order chi connectivity index (χ0) is 45.3. The summed E-state index contributed by atoms with van der Waals surface area (Å²) in [6.45, 7) is 4.76. The van der Waals surface area contributed by atoms with E-state index in [1.807, 2.05) is 41.1 Å². The molecule has 2 unspecified atom stereocenters. The van der Waals surface area contributed by atoms with Crippen LogP contribution in [0.2, 0.25) is 0 Å². The first-order chi connectivity index (χ1) is 31.3. The summed E-state index contributed by atoms with van der Waals surface area (Å²) in [6.07, 6.45) is 2.06. The van der Waals surface area contributed by atoms with Crippen molar-refractivity contribution in [3.05, 3.63) is 101 Å². The lowest BCUT2D eigenvalue weighted by Gasteiger charge is -2.49. The van der Waals surface area contributed by atoms with Crippen LogP contribution >= 0.6 is 0 Å². The summed E-state index contributed by atoms with van der Waals surface area (Å²) in [5, 5.41) is 2.67. The molecule has 10 rings (SSSR count). The minimum atomic E-state index is -4.36. The first-order valence-corrected chi connectivity index (χ1v) is 22.8. The number of amides is 3. The molecule has 5 aromatic rings. The molecule has 20 heteroatoms. The average Bonchev–Trinajstić information content (AvgIpc) is 4.01. The number of piperazine rings is 1. The molecule has 2 atom stereocenters. The van der Waals surface area contributed by atoms with Crippen molar-refractivity contribution in [3.63, 3.8) is 0 Å². The molecule has 3 amide bonds. The molecular formula is C45H44F3N9O7S. The van der Waals surface area contributed by atoms with Gasteiger partial charge in [-0.2, -0.15) is 12.7 Å². The molecule has 0 aliphatic carbocycles. The predicted molar refractivity (Wildman–Crippen MR) is 234 cm³/mol. The summed E-state index contributed by atoms with van der Waals surface area (Å²) in [5.74, 6) is -4.16. The van der Waals surface area contributed by atoms with Crippen molar-refractivity contribution in [2.24, 2.45) is 0 Å². The molecule has 4 fully saturated rings. The van der Waals surface area contributed by atoms with E-state index in [0.717, 1.165) is 78.2 Å². The molecule has 2 aromatic heterocycles. The van der Waals surface area contributed by atoms with E-state index in [1.165, 1.54) is 18.2 Å². The number of anilines is 3. The number of hydrogen-bond donors (Lipinski definition) is 3. The first-order valence-electron chi connectivity index (χ1n) is 21.4. The summed E-state index contributed by atoms with van der Waals surface area (Å²) < 4.78 is 78.8. The van der Waals surface area contributed by atoms with E-state index in [1.54, 1.807) is 12.3 Å². The Kier molecular flexibility index (Phi) is 10.8.